The van der Waals surface area contributed by atoms with Gasteiger partial charge >= 0.3 is 5.97 Å². The zero-order valence-electron chi connectivity index (χ0n) is 12.8. The lowest BCUT2D eigenvalue weighted by atomic mass is 10.1. The number of carbonyl (C=O) groups excluding carboxylic acids is 1. The van der Waals surface area contributed by atoms with Crippen molar-refractivity contribution in [2.75, 3.05) is 7.11 Å². The monoisotopic (exact) mass is 278 g/mol. The Morgan fingerprint density at radius 1 is 1.20 bits per heavy atom. The summed E-state index contributed by atoms with van der Waals surface area (Å²) in [7, 11) is 1.69. The minimum Gasteiger partial charge on any atom is -0.459 e. The molecule has 0 saturated carbocycles. The van der Waals surface area contributed by atoms with E-state index in [1.165, 1.54) is 12.8 Å². The van der Waals surface area contributed by atoms with Crippen molar-refractivity contribution in [1.82, 2.24) is 0 Å². The maximum absolute atomic E-state index is 12.1. The SMILES string of the molecule is CCCCCC(CC(C)OC)OC(=O)c1ccccc1. The van der Waals surface area contributed by atoms with Gasteiger partial charge in [0.15, 0.2) is 0 Å². The van der Waals surface area contributed by atoms with E-state index in [-0.39, 0.29) is 18.2 Å². The molecule has 0 bridgehead atoms. The molecular weight excluding hydrogens is 252 g/mol. The molecule has 2 atom stereocenters. The Bertz CT molecular complexity index is 375. The molecule has 1 aromatic rings. The lowest BCUT2D eigenvalue weighted by Gasteiger charge is -2.21. The first kappa shape index (κ1) is 16.7. The average Bonchev–Trinajstić information content (AvgIpc) is 2.48. The van der Waals surface area contributed by atoms with Crippen LogP contribution in [0.25, 0.3) is 0 Å². The molecule has 0 aliphatic rings. The number of ether oxygens (including phenoxy) is 2. The largest absolute Gasteiger partial charge is 0.459 e. The fourth-order valence-corrected chi connectivity index (χ4v) is 2.11. The van der Waals surface area contributed by atoms with Gasteiger partial charge in [-0.15, -0.1) is 0 Å². The number of benzene rings is 1. The summed E-state index contributed by atoms with van der Waals surface area (Å²) in [6.07, 6.45) is 5.10. The van der Waals surface area contributed by atoms with Crippen molar-refractivity contribution in [1.29, 1.82) is 0 Å². The van der Waals surface area contributed by atoms with Gasteiger partial charge in [0, 0.05) is 13.5 Å². The molecule has 0 aliphatic carbocycles. The number of methoxy groups -OCH3 is 1. The maximum Gasteiger partial charge on any atom is 0.338 e. The zero-order valence-corrected chi connectivity index (χ0v) is 12.8. The minimum atomic E-state index is -0.240. The fraction of sp³-hybridized carbons (Fsp3) is 0.588. The second-order valence-corrected chi connectivity index (χ2v) is 5.17. The summed E-state index contributed by atoms with van der Waals surface area (Å²) in [5, 5.41) is 0. The minimum absolute atomic E-state index is 0.0655. The van der Waals surface area contributed by atoms with Crippen LogP contribution >= 0.6 is 0 Å². The zero-order chi connectivity index (χ0) is 14.8. The Hall–Kier alpha value is -1.35. The molecule has 0 radical (unpaired) electrons. The molecule has 112 valence electrons. The van der Waals surface area contributed by atoms with Gasteiger partial charge in [-0.1, -0.05) is 38.0 Å². The second-order valence-electron chi connectivity index (χ2n) is 5.17. The summed E-state index contributed by atoms with van der Waals surface area (Å²) in [5.41, 5.74) is 0.609. The van der Waals surface area contributed by atoms with Crippen LogP contribution < -0.4 is 0 Å². The molecule has 0 spiro atoms. The van der Waals surface area contributed by atoms with Gasteiger partial charge in [0.05, 0.1) is 11.7 Å². The van der Waals surface area contributed by atoms with Crippen molar-refractivity contribution in [3.05, 3.63) is 35.9 Å². The molecular formula is C17H26O3. The summed E-state index contributed by atoms with van der Waals surface area (Å²) < 4.78 is 10.9. The van der Waals surface area contributed by atoms with Gasteiger partial charge < -0.3 is 9.47 Å². The quantitative estimate of drug-likeness (QED) is 0.501. The normalized spacial score (nSPS) is 13.8. The summed E-state index contributed by atoms with van der Waals surface area (Å²) in [6, 6.07) is 9.15. The van der Waals surface area contributed by atoms with Gasteiger partial charge in [-0.2, -0.15) is 0 Å². The first-order valence-electron chi connectivity index (χ1n) is 7.46. The van der Waals surface area contributed by atoms with Crippen molar-refractivity contribution < 1.29 is 14.3 Å². The summed E-state index contributed by atoms with van der Waals surface area (Å²) >= 11 is 0. The van der Waals surface area contributed by atoms with Crippen molar-refractivity contribution in [2.24, 2.45) is 0 Å². The Morgan fingerprint density at radius 2 is 1.90 bits per heavy atom. The Morgan fingerprint density at radius 3 is 2.50 bits per heavy atom. The Labute approximate surface area is 122 Å². The van der Waals surface area contributed by atoms with Crippen LogP contribution in [0.5, 0.6) is 0 Å². The molecule has 0 saturated heterocycles. The summed E-state index contributed by atoms with van der Waals surface area (Å²) in [5.74, 6) is -0.240. The van der Waals surface area contributed by atoms with E-state index >= 15 is 0 Å². The molecule has 0 heterocycles. The fourth-order valence-electron chi connectivity index (χ4n) is 2.11. The number of unbranched alkanes of at least 4 members (excludes halogenated alkanes) is 2. The average molecular weight is 278 g/mol. The number of rotatable bonds is 9. The molecule has 0 N–H and O–H groups in total. The van der Waals surface area contributed by atoms with Gasteiger partial charge in [-0.25, -0.2) is 4.79 Å². The maximum atomic E-state index is 12.1. The highest BCUT2D eigenvalue weighted by Gasteiger charge is 2.18. The number of hydrogen-bond donors (Lipinski definition) is 0. The highest BCUT2D eigenvalue weighted by molar-refractivity contribution is 5.89. The van der Waals surface area contributed by atoms with E-state index in [0.717, 1.165) is 19.3 Å². The van der Waals surface area contributed by atoms with Crippen LogP contribution in [-0.4, -0.2) is 25.3 Å². The predicted molar refractivity (Wildman–Crippen MR) is 80.9 cm³/mol. The standard InChI is InChI=1S/C17H26O3/c1-4-5-7-12-16(13-14(2)19-3)20-17(18)15-10-8-6-9-11-15/h6,8-11,14,16H,4-5,7,12-13H2,1-3H3. The van der Waals surface area contributed by atoms with E-state index in [1.807, 2.05) is 25.1 Å². The van der Waals surface area contributed by atoms with E-state index < -0.39 is 0 Å². The third kappa shape index (κ3) is 6.20. The molecule has 3 heteroatoms. The molecule has 0 aromatic heterocycles. The summed E-state index contributed by atoms with van der Waals surface area (Å²) in [4.78, 5) is 12.1. The van der Waals surface area contributed by atoms with Gasteiger partial charge in [-0.05, 0) is 31.9 Å². The van der Waals surface area contributed by atoms with Crippen LogP contribution in [0.1, 0.15) is 56.3 Å². The van der Waals surface area contributed by atoms with Crippen molar-refractivity contribution in [2.45, 2.75) is 58.2 Å². The van der Waals surface area contributed by atoms with E-state index in [9.17, 15) is 4.79 Å². The first-order valence-corrected chi connectivity index (χ1v) is 7.46. The topological polar surface area (TPSA) is 35.5 Å². The smallest absolute Gasteiger partial charge is 0.338 e. The van der Waals surface area contributed by atoms with Crippen molar-refractivity contribution in [3.8, 4) is 0 Å². The van der Waals surface area contributed by atoms with E-state index in [0.29, 0.717) is 5.56 Å². The van der Waals surface area contributed by atoms with E-state index in [1.54, 1.807) is 19.2 Å². The van der Waals surface area contributed by atoms with Gasteiger partial charge in [0.1, 0.15) is 6.10 Å². The second kappa shape index (κ2) is 9.54. The van der Waals surface area contributed by atoms with Crippen LogP contribution in [0.15, 0.2) is 30.3 Å². The van der Waals surface area contributed by atoms with Gasteiger partial charge in [-0.3, -0.25) is 0 Å². The van der Waals surface area contributed by atoms with Gasteiger partial charge in [0.2, 0.25) is 0 Å². The van der Waals surface area contributed by atoms with Crippen molar-refractivity contribution >= 4 is 5.97 Å². The van der Waals surface area contributed by atoms with Crippen molar-refractivity contribution in [3.63, 3.8) is 0 Å². The Kier molecular flexibility index (Phi) is 7.97. The number of carbonyl (C=O) groups is 1. The van der Waals surface area contributed by atoms with E-state index in [2.05, 4.69) is 6.92 Å². The first-order chi connectivity index (χ1) is 9.67. The highest BCUT2D eigenvalue weighted by Crippen LogP contribution is 2.16. The van der Waals surface area contributed by atoms with Crippen LogP contribution in [0.3, 0.4) is 0 Å². The Balaban J connectivity index is 2.56. The lowest BCUT2D eigenvalue weighted by molar-refractivity contribution is 0.00653. The third-order valence-electron chi connectivity index (χ3n) is 3.41. The van der Waals surface area contributed by atoms with Crippen LogP contribution in [0.4, 0.5) is 0 Å². The van der Waals surface area contributed by atoms with Crippen LogP contribution in [-0.2, 0) is 9.47 Å². The highest BCUT2D eigenvalue weighted by atomic mass is 16.5. The number of esters is 1. The molecule has 2 unspecified atom stereocenters. The predicted octanol–water partition coefficient (Wildman–Crippen LogP) is 4.22. The molecule has 0 fully saturated rings. The van der Waals surface area contributed by atoms with Crippen LogP contribution in [0, 0.1) is 0 Å². The molecule has 3 nitrogen and oxygen atoms in total. The van der Waals surface area contributed by atoms with Crippen LogP contribution in [0.2, 0.25) is 0 Å². The molecule has 20 heavy (non-hydrogen) atoms. The lowest BCUT2D eigenvalue weighted by Crippen LogP contribution is -2.23. The molecule has 1 aromatic carbocycles. The summed E-state index contributed by atoms with van der Waals surface area (Å²) in [6.45, 7) is 4.17. The number of hydrogen-bond acceptors (Lipinski definition) is 3. The molecule has 0 amide bonds. The third-order valence-corrected chi connectivity index (χ3v) is 3.41. The van der Waals surface area contributed by atoms with Gasteiger partial charge in [0.25, 0.3) is 0 Å². The molecule has 0 aliphatic heterocycles. The molecule has 1 rings (SSSR count). The van der Waals surface area contributed by atoms with E-state index in [4.69, 9.17) is 9.47 Å².